The Bertz CT molecular complexity index is 453. The first-order valence-corrected chi connectivity index (χ1v) is 6.71. The molecule has 0 radical (unpaired) electrons. The van der Waals surface area contributed by atoms with E-state index in [9.17, 15) is 4.79 Å². The molecule has 0 spiro atoms. The van der Waals surface area contributed by atoms with Gasteiger partial charge in [0, 0.05) is 18.3 Å². The molecule has 0 saturated heterocycles. The van der Waals surface area contributed by atoms with Gasteiger partial charge >= 0.3 is 5.97 Å². The Morgan fingerprint density at radius 3 is 2.79 bits per heavy atom. The van der Waals surface area contributed by atoms with E-state index < -0.39 is 0 Å². The fraction of sp³-hybridized carbons (Fsp3) is 0.533. The first-order valence-electron chi connectivity index (χ1n) is 6.71. The van der Waals surface area contributed by atoms with Crippen molar-refractivity contribution in [2.24, 2.45) is 0 Å². The summed E-state index contributed by atoms with van der Waals surface area (Å²) >= 11 is 0. The molecule has 1 aromatic carbocycles. The lowest BCUT2D eigenvalue weighted by molar-refractivity contribution is 0.00297. The maximum Gasteiger partial charge on any atom is 0.338 e. The van der Waals surface area contributed by atoms with Gasteiger partial charge in [0.05, 0.1) is 18.8 Å². The molecule has 0 bridgehead atoms. The first-order chi connectivity index (χ1) is 9.15. The minimum Gasteiger partial charge on any atom is -0.465 e. The largest absolute Gasteiger partial charge is 0.465 e. The standard InChI is InChI=1S/C15H21NO3/c1-4-19-12-8-11(9-12)16-14-7-5-6-13(10(14)2)15(17)18-3/h5-7,11-12,16H,4,8-9H2,1-3H3. The molecule has 0 amide bonds. The number of hydrogen-bond acceptors (Lipinski definition) is 4. The van der Waals surface area contributed by atoms with Crippen LogP contribution in [0.25, 0.3) is 0 Å². The number of carbonyl (C=O) groups is 1. The van der Waals surface area contributed by atoms with Crippen molar-refractivity contribution in [3.8, 4) is 0 Å². The van der Waals surface area contributed by atoms with E-state index in [0.29, 0.717) is 17.7 Å². The highest BCUT2D eigenvalue weighted by Gasteiger charge is 2.29. The Kier molecular flexibility index (Phi) is 4.43. The van der Waals surface area contributed by atoms with Gasteiger partial charge in [-0.1, -0.05) is 6.07 Å². The smallest absolute Gasteiger partial charge is 0.338 e. The summed E-state index contributed by atoms with van der Waals surface area (Å²) < 4.78 is 10.3. The zero-order valence-electron chi connectivity index (χ0n) is 11.7. The quantitative estimate of drug-likeness (QED) is 0.830. The first kappa shape index (κ1) is 13.9. The number of carbonyl (C=O) groups excluding carboxylic acids is 1. The van der Waals surface area contributed by atoms with E-state index in [4.69, 9.17) is 9.47 Å². The molecular weight excluding hydrogens is 242 g/mol. The van der Waals surface area contributed by atoms with Crippen molar-refractivity contribution in [3.63, 3.8) is 0 Å². The Hall–Kier alpha value is -1.55. The molecule has 0 aliphatic heterocycles. The summed E-state index contributed by atoms with van der Waals surface area (Å²) in [5.41, 5.74) is 2.56. The van der Waals surface area contributed by atoms with Gasteiger partial charge in [0.1, 0.15) is 0 Å². The second-order valence-corrected chi connectivity index (χ2v) is 4.86. The Balaban J connectivity index is 2.00. The second-order valence-electron chi connectivity index (χ2n) is 4.86. The molecule has 104 valence electrons. The van der Waals surface area contributed by atoms with E-state index >= 15 is 0 Å². The lowest BCUT2D eigenvalue weighted by Crippen LogP contribution is -2.41. The van der Waals surface area contributed by atoms with E-state index in [1.807, 2.05) is 26.0 Å². The molecule has 1 saturated carbocycles. The molecule has 4 nitrogen and oxygen atoms in total. The van der Waals surface area contributed by atoms with Gasteiger partial charge in [0.25, 0.3) is 0 Å². The van der Waals surface area contributed by atoms with Gasteiger partial charge in [-0.2, -0.15) is 0 Å². The van der Waals surface area contributed by atoms with Crippen LogP contribution in [0.15, 0.2) is 18.2 Å². The van der Waals surface area contributed by atoms with Gasteiger partial charge in [-0.3, -0.25) is 0 Å². The van der Waals surface area contributed by atoms with Crippen LogP contribution in [0.5, 0.6) is 0 Å². The minimum absolute atomic E-state index is 0.290. The van der Waals surface area contributed by atoms with Gasteiger partial charge in [0.2, 0.25) is 0 Å². The van der Waals surface area contributed by atoms with Crippen LogP contribution in [0.4, 0.5) is 5.69 Å². The van der Waals surface area contributed by atoms with Crippen LogP contribution in [0.3, 0.4) is 0 Å². The highest BCUT2D eigenvalue weighted by molar-refractivity contribution is 5.92. The van der Waals surface area contributed by atoms with Crippen LogP contribution in [-0.2, 0) is 9.47 Å². The summed E-state index contributed by atoms with van der Waals surface area (Å²) in [6, 6.07) is 6.09. The van der Waals surface area contributed by atoms with E-state index in [1.165, 1.54) is 7.11 Å². The number of esters is 1. The highest BCUT2D eigenvalue weighted by Crippen LogP contribution is 2.29. The third-order valence-corrected chi connectivity index (χ3v) is 3.60. The molecule has 0 atom stereocenters. The van der Waals surface area contributed by atoms with Crippen LogP contribution in [0.2, 0.25) is 0 Å². The zero-order valence-corrected chi connectivity index (χ0v) is 11.7. The molecule has 4 heteroatoms. The number of ether oxygens (including phenoxy) is 2. The van der Waals surface area contributed by atoms with E-state index in [-0.39, 0.29) is 5.97 Å². The summed E-state index contributed by atoms with van der Waals surface area (Å²) in [6.45, 7) is 4.73. The number of rotatable bonds is 5. The molecule has 19 heavy (non-hydrogen) atoms. The van der Waals surface area contributed by atoms with E-state index in [2.05, 4.69) is 5.32 Å². The number of benzene rings is 1. The van der Waals surface area contributed by atoms with Crippen LogP contribution in [0, 0.1) is 6.92 Å². The van der Waals surface area contributed by atoms with Crippen LogP contribution < -0.4 is 5.32 Å². The average molecular weight is 263 g/mol. The topological polar surface area (TPSA) is 47.6 Å². The maximum absolute atomic E-state index is 11.6. The molecule has 0 unspecified atom stereocenters. The molecule has 0 heterocycles. The monoisotopic (exact) mass is 263 g/mol. The van der Waals surface area contributed by atoms with Gasteiger partial charge in [-0.05, 0) is 44.4 Å². The lowest BCUT2D eigenvalue weighted by atomic mass is 9.88. The number of hydrogen-bond donors (Lipinski definition) is 1. The molecule has 1 N–H and O–H groups in total. The van der Waals surface area contributed by atoms with Crippen molar-refractivity contribution in [3.05, 3.63) is 29.3 Å². The van der Waals surface area contributed by atoms with Crippen molar-refractivity contribution >= 4 is 11.7 Å². The predicted molar refractivity (Wildman–Crippen MR) is 74.6 cm³/mol. The molecule has 2 rings (SSSR count). The summed E-state index contributed by atoms with van der Waals surface area (Å²) in [5.74, 6) is -0.290. The van der Waals surface area contributed by atoms with Gasteiger partial charge < -0.3 is 14.8 Å². The highest BCUT2D eigenvalue weighted by atomic mass is 16.5. The fourth-order valence-corrected chi connectivity index (χ4v) is 2.40. The van der Waals surface area contributed by atoms with Crippen molar-refractivity contribution in [1.82, 2.24) is 0 Å². The third kappa shape index (κ3) is 3.07. The van der Waals surface area contributed by atoms with Crippen molar-refractivity contribution in [1.29, 1.82) is 0 Å². The third-order valence-electron chi connectivity index (χ3n) is 3.60. The Morgan fingerprint density at radius 2 is 2.16 bits per heavy atom. The van der Waals surface area contributed by atoms with Gasteiger partial charge in [-0.25, -0.2) is 4.79 Å². The van der Waals surface area contributed by atoms with Gasteiger partial charge in [0.15, 0.2) is 0 Å². The maximum atomic E-state index is 11.6. The van der Waals surface area contributed by atoms with Crippen molar-refractivity contribution in [2.75, 3.05) is 19.0 Å². The molecule has 1 aliphatic carbocycles. The molecular formula is C15H21NO3. The molecule has 0 aromatic heterocycles. The lowest BCUT2D eigenvalue weighted by Gasteiger charge is -2.36. The van der Waals surface area contributed by atoms with E-state index in [0.717, 1.165) is 30.7 Å². The fourth-order valence-electron chi connectivity index (χ4n) is 2.40. The summed E-state index contributed by atoms with van der Waals surface area (Å²) in [7, 11) is 1.40. The average Bonchev–Trinajstić information content (AvgIpc) is 2.37. The molecule has 1 fully saturated rings. The van der Waals surface area contributed by atoms with Crippen LogP contribution in [0.1, 0.15) is 35.7 Å². The number of nitrogens with one attached hydrogen (secondary N) is 1. The number of anilines is 1. The summed E-state index contributed by atoms with van der Waals surface area (Å²) in [5, 5.41) is 3.47. The predicted octanol–water partition coefficient (Wildman–Crippen LogP) is 2.76. The molecule has 1 aliphatic rings. The summed E-state index contributed by atoms with van der Waals surface area (Å²) in [4.78, 5) is 11.6. The molecule has 1 aromatic rings. The van der Waals surface area contributed by atoms with E-state index in [1.54, 1.807) is 6.07 Å². The van der Waals surface area contributed by atoms with Crippen LogP contribution in [-0.4, -0.2) is 31.8 Å². The summed E-state index contributed by atoms with van der Waals surface area (Å²) in [6.07, 6.45) is 2.43. The Labute approximate surface area is 114 Å². The normalized spacial score (nSPS) is 21.6. The Morgan fingerprint density at radius 1 is 1.42 bits per heavy atom. The van der Waals surface area contributed by atoms with Crippen LogP contribution >= 0.6 is 0 Å². The van der Waals surface area contributed by atoms with Crippen molar-refractivity contribution in [2.45, 2.75) is 38.8 Å². The second kappa shape index (κ2) is 6.06. The zero-order chi connectivity index (χ0) is 13.8. The van der Waals surface area contributed by atoms with Gasteiger partial charge in [-0.15, -0.1) is 0 Å². The van der Waals surface area contributed by atoms with Crippen molar-refractivity contribution < 1.29 is 14.3 Å². The number of methoxy groups -OCH3 is 1. The SMILES string of the molecule is CCOC1CC(Nc2cccc(C(=O)OC)c2C)C1. The minimum atomic E-state index is -0.290.